The van der Waals surface area contributed by atoms with Crippen LogP contribution in [-0.4, -0.2) is 73.9 Å². The smallest absolute Gasteiger partial charge is 0.255 e. The van der Waals surface area contributed by atoms with Crippen molar-refractivity contribution in [1.82, 2.24) is 20.2 Å². The second kappa shape index (κ2) is 10.3. The van der Waals surface area contributed by atoms with E-state index in [4.69, 9.17) is 25.8 Å². The summed E-state index contributed by atoms with van der Waals surface area (Å²) >= 11 is 6.22. The Hall–Kier alpha value is -3.34. The van der Waals surface area contributed by atoms with Crippen LogP contribution >= 0.6 is 11.6 Å². The predicted octanol–water partition coefficient (Wildman–Crippen LogP) is 3.62. The van der Waals surface area contributed by atoms with Gasteiger partial charge in [-0.1, -0.05) is 11.6 Å². The first-order chi connectivity index (χ1) is 17.4. The Kier molecular flexibility index (Phi) is 6.99. The number of ether oxygens (including phenoxy) is 3. The van der Waals surface area contributed by atoms with Crippen molar-refractivity contribution < 1.29 is 23.4 Å². The van der Waals surface area contributed by atoms with Crippen LogP contribution in [0.1, 0.15) is 16.1 Å². The number of hydrogen-bond donors (Lipinski definition) is 3. The largest absolute Gasteiger partial charge is 0.493 e. The summed E-state index contributed by atoms with van der Waals surface area (Å²) in [6.45, 7) is 3.15. The van der Waals surface area contributed by atoms with Gasteiger partial charge in [0, 0.05) is 49.6 Å². The van der Waals surface area contributed by atoms with E-state index in [9.17, 15) is 9.18 Å². The molecule has 11 heteroatoms. The van der Waals surface area contributed by atoms with Crippen LogP contribution in [0.25, 0.3) is 11.3 Å². The summed E-state index contributed by atoms with van der Waals surface area (Å²) in [5.74, 6) is 0.0162. The maximum Gasteiger partial charge on any atom is 0.255 e. The van der Waals surface area contributed by atoms with Gasteiger partial charge >= 0.3 is 0 Å². The van der Waals surface area contributed by atoms with Crippen molar-refractivity contribution >= 4 is 28.9 Å². The molecule has 4 heterocycles. The molecule has 1 saturated heterocycles. The number of halogens is 2. The number of aromatic amines is 1. The highest BCUT2D eigenvalue weighted by molar-refractivity contribution is 6.32. The lowest BCUT2D eigenvalue weighted by molar-refractivity contribution is -0.0403. The highest BCUT2D eigenvalue weighted by Gasteiger charge is 2.29. The molecule has 2 aliphatic heterocycles. The Morgan fingerprint density at radius 3 is 3.06 bits per heavy atom. The van der Waals surface area contributed by atoms with Crippen LogP contribution in [0.15, 0.2) is 30.6 Å². The highest BCUT2D eigenvalue weighted by Crippen LogP contribution is 2.43. The van der Waals surface area contributed by atoms with Gasteiger partial charge in [0.1, 0.15) is 24.3 Å². The molecule has 0 unspecified atom stereocenters. The molecule has 1 amide bonds. The standard InChI is InChI=1S/C25H27ClFN5O4/c1-32-7-8-35-15(12-32)13-36-20-11-28-5-3-16(20)22-23(21-18(30-22)4-6-29-25(21)33)31-19-10-14(27)9-17(26)24(19)34-2/h3,5,9-11,15,30-31H,4,6-8,12-13H2,1-2H3,(H,29,33)/t15-/m0/s1. The maximum absolute atomic E-state index is 14.3. The monoisotopic (exact) mass is 515 g/mol. The van der Waals surface area contributed by atoms with Crippen molar-refractivity contribution in [3.63, 3.8) is 0 Å². The summed E-state index contributed by atoms with van der Waals surface area (Å²) in [7, 11) is 3.49. The lowest BCUT2D eigenvalue weighted by Gasteiger charge is -2.30. The number of nitrogens with one attached hydrogen (secondary N) is 3. The average Bonchev–Trinajstić information content (AvgIpc) is 3.22. The lowest BCUT2D eigenvalue weighted by atomic mass is 10.0. The number of rotatable bonds is 7. The Morgan fingerprint density at radius 2 is 2.25 bits per heavy atom. The van der Waals surface area contributed by atoms with Crippen LogP contribution < -0.4 is 20.1 Å². The van der Waals surface area contributed by atoms with E-state index in [1.807, 2.05) is 7.05 Å². The summed E-state index contributed by atoms with van der Waals surface area (Å²) in [6.07, 6.45) is 3.82. The van der Waals surface area contributed by atoms with Gasteiger partial charge in [-0.2, -0.15) is 0 Å². The van der Waals surface area contributed by atoms with Gasteiger partial charge in [0.15, 0.2) is 5.75 Å². The Balaban J connectivity index is 1.55. The predicted molar refractivity (Wildman–Crippen MR) is 134 cm³/mol. The third-order valence-corrected chi connectivity index (χ3v) is 6.54. The van der Waals surface area contributed by atoms with Crippen LogP contribution in [-0.2, 0) is 11.2 Å². The van der Waals surface area contributed by atoms with Gasteiger partial charge in [-0.15, -0.1) is 0 Å². The Bertz CT molecular complexity index is 1280. The topological polar surface area (TPSA) is 101 Å². The summed E-state index contributed by atoms with van der Waals surface area (Å²) in [5.41, 5.74) is 3.27. The molecule has 3 N–H and O–H groups in total. The zero-order chi connectivity index (χ0) is 25.2. The number of likely N-dealkylation sites (N-methyl/N-ethyl adjacent to an activating group) is 1. The number of hydrogen-bond acceptors (Lipinski definition) is 7. The number of fused-ring (bicyclic) bond motifs is 1. The van der Waals surface area contributed by atoms with Crippen LogP contribution in [0.5, 0.6) is 11.5 Å². The van der Waals surface area contributed by atoms with E-state index in [1.54, 1.807) is 18.5 Å². The lowest BCUT2D eigenvalue weighted by Crippen LogP contribution is -2.42. The quantitative estimate of drug-likeness (QED) is 0.442. The number of anilines is 2. The van der Waals surface area contributed by atoms with E-state index < -0.39 is 5.82 Å². The fraction of sp³-hybridized carbons (Fsp3) is 0.360. The number of morpholine rings is 1. The third-order valence-electron chi connectivity index (χ3n) is 6.26. The minimum absolute atomic E-state index is 0.0734. The summed E-state index contributed by atoms with van der Waals surface area (Å²) in [4.78, 5) is 22.7. The molecule has 0 saturated carbocycles. The van der Waals surface area contributed by atoms with E-state index >= 15 is 0 Å². The first-order valence-electron chi connectivity index (χ1n) is 11.6. The fourth-order valence-electron chi connectivity index (χ4n) is 4.55. The van der Waals surface area contributed by atoms with Crippen LogP contribution in [0, 0.1) is 5.82 Å². The van der Waals surface area contributed by atoms with Crippen molar-refractivity contribution in [3.8, 4) is 22.8 Å². The summed E-state index contributed by atoms with van der Waals surface area (Å²) < 4.78 is 31.7. The number of carbonyl (C=O) groups excluding carboxylic acids is 1. The van der Waals surface area contributed by atoms with Crippen molar-refractivity contribution in [3.05, 3.63) is 52.7 Å². The fourth-order valence-corrected chi connectivity index (χ4v) is 4.84. The van der Waals surface area contributed by atoms with E-state index in [0.717, 1.165) is 18.8 Å². The molecule has 3 aromatic rings. The van der Waals surface area contributed by atoms with Gasteiger partial charge in [0.25, 0.3) is 5.91 Å². The van der Waals surface area contributed by atoms with Gasteiger partial charge in [-0.05, 0) is 19.2 Å². The van der Waals surface area contributed by atoms with E-state index in [2.05, 4.69) is 25.5 Å². The highest BCUT2D eigenvalue weighted by atomic mass is 35.5. The first-order valence-corrected chi connectivity index (χ1v) is 12.0. The molecular formula is C25H27ClFN5O4. The SMILES string of the molecule is COc1c(Cl)cc(F)cc1Nc1c(-c2ccncc2OC[C@@H]2CN(C)CCO2)[nH]c2c1C(=O)NCC2. The number of amides is 1. The molecule has 0 aliphatic carbocycles. The molecule has 36 heavy (non-hydrogen) atoms. The summed E-state index contributed by atoms with van der Waals surface area (Å²) in [5, 5.41) is 6.18. The van der Waals surface area contributed by atoms with Gasteiger partial charge in [-0.3, -0.25) is 9.78 Å². The van der Waals surface area contributed by atoms with Crippen molar-refractivity contribution in [2.24, 2.45) is 0 Å². The Morgan fingerprint density at radius 1 is 1.39 bits per heavy atom. The van der Waals surface area contributed by atoms with Crippen molar-refractivity contribution in [2.75, 3.05) is 52.3 Å². The molecule has 190 valence electrons. The summed E-state index contributed by atoms with van der Waals surface area (Å²) in [6, 6.07) is 4.25. The number of pyridine rings is 1. The van der Waals surface area contributed by atoms with Crippen LogP contribution in [0.4, 0.5) is 15.8 Å². The van der Waals surface area contributed by atoms with Crippen LogP contribution in [0.2, 0.25) is 5.02 Å². The number of nitrogens with zero attached hydrogens (tertiary/aromatic N) is 2. The maximum atomic E-state index is 14.3. The normalized spacial score (nSPS) is 17.9. The molecule has 5 rings (SSSR count). The molecule has 2 aliphatic rings. The number of benzene rings is 1. The van der Waals surface area contributed by atoms with Gasteiger partial charge in [0.05, 0.1) is 47.6 Å². The molecule has 1 fully saturated rings. The van der Waals surface area contributed by atoms with Gasteiger partial charge < -0.3 is 34.7 Å². The molecule has 9 nitrogen and oxygen atoms in total. The number of aromatic nitrogens is 2. The molecule has 0 bridgehead atoms. The van der Waals surface area contributed by atoms with Gasteiger partial charge in [-0.25, -0.2) is 4.39 Å². The molecular weight excluding hydrogens is 489 g/mol. The molecule has 0 radical (unpaired) electrons. The van der Waals surface area contributed by atoms with E-state index in [0.29, 0.717) is 60.1 Å². The van der Waals surface area contributed by atoms with Crippen LogP contribution in [0.3, 0.4) is 0 Å². The second-order valence-electron chi connectivity index (χ2n) is 8.77. The van der Waals surface area contributed by atoms with Crippen molar-refractivity contribution in [1.29, 1.82) is 0 Å². The number of methoxy groups -OCH3 is 1. The Labute approximate surface area is 212 Å². The zero-order valence-corrected chi connectivity index (χ0v) is 20.7. The molecule has 2 aromatic heterocycles. The minimum Gasteiger partial charge on any atom is -0.493 e. The molecule has 1 aromatic carbocycles. The van der Waals surface area contributed by atoms with Gasteiger partial charge in [0.2, 0.25) is 0 Å². The van der Waals surface area contributed by atoms with E-state index in [1.165, 1.54) is 19.2 Å². The molecule has 1 atom stereocenters. The van der Waals surface area contributed by atoms with E-state index in [-0.39, 0.29) is 22.8 Å². The van der Waals surface area contributed by atoms with Crippen molar-refractivity contribution in [2.45, 2.75) is 12.5 Å². The number of H-pyrrole nitrogens is 1. The zero-order valence-electron chi connectivity index (χ0n) is 20.0. The number of carbonyl (C=O) groups is 1. The molecule has 0 spiro atoms. The third kappa shape index (κ3) is 4.84. The second-order valence-corrected chi connectivity index (χ2v) is 9.17. The minimum atomic E-state index is -0.538. The first kappa shape index (κ1) is 24.4. The average molecular weight is 516 g/mol.